The zero-order valence-electron chi connectivity index (χ0n) is 9.46. The Bertz CT molecular complexity index is 320. The van der Waals surface area contributed by atoms with E-state index in [9.17, 15) is 4.79 Å². The number of hydrogen-bond acceptors (Lipinski definition) is 3. The van der Waals surface area contributed by atoms with E-state index >= 15 is 0 Å². The highest BCUT2D eigenvalue weighted by Gasteiger charge is 2.07. The SMILES string of the molecule is CC(=O)NCCNC(C)c1ccc(C)o1. The smallest absolute Gasteiger partial charge is 0.216 e. The van der Waals surface area contributed by atoms with E-state index in [2.05, 4.69) is 10.6 Å². The molecule has 1 atom stereocenters. The van der Waals surface area contributed by atoms with Crippen LogP contribution in [0.5, 0.6) is 0 Å². The van der Waals surface area contributed by atoms with Crippen molar-refractivity contribution >= 4 is 5.91 Å². The maximum absolute atomic E-state index is 10.6. The van der Waals surface area contributed by atoms with Gasteiger partial charge in [0.2, 0.25) is 5.91 Å². The van der Waals surface area contributed by atoms with Crippen LogP contribution >= 0.6 is 0 Å². The first-order valence-electron chi connectivity index (χ1n) is 5.13. The fraction of sp³-hybridized carbons (Fsp3) is 0.545. The molecule has 1 aromatic heterocycles. The predicted octanol–water partition coefficient (Wildman–Crippen LogP) is 1.37. The van der Waals surface area contributed by atoms with Crippen LogP contribution in [0, 0.1) is 6.92 Å². The average molecular weight is 210 g/mol. The Hall–Kier alpha value is -1.29. The highest BCUT2D eigenvalue weighted by atomic mass is 16.3. The monoisotopic (exact) mass is 210 g/mol. The van der Waals surface area contributed by atoms with Gasteiger partial charge in [0, 0.05) is 20.0 Å². The molecule has 1 heterocycles. The largest absolute Gasteiger partial charge is 0.465 e. The number of rotatable bonds is 5. The summed E-state index contributed by atoms with van der Waals surface area (Å²) in [5.74, 6) is 1.84. The Morgan fingerprint density at radius 2 is 2.20 bits per heavy atom. The molecule has 2 N–H and O–H groups in total. The molecule has 1 aromatic rings. The molecule has 0 saturated carbocycles. The quantitative estimate of drug-likeness (QED) is 0.722. The van der Waals surface area contributed by atoms with Crippen molar-refractivity contribution in [3.05, 3.63) is 23.7 Å². The van der Waals surface area contributed by atoms with Crippen LogP contribution in [0.15, 0.2) is 16.5 Å². The molecule has 0 spiro atoms. The van der Waals surface area contributed by atoms with E-state index in [1.165, 1.54) is 6.92 Å². The van der Waals surface area contributed by atoms with E-state index < -0.39 is 0 Å². The van der Waals surface area contributed by atoms with E-state index in [0.29, 0.717) is 6.54 Å². The van der Waals surface area contributed by atoms with Gasteiger partial charge in [0.15, 0.2) is 0 Å². The van der Waals surface area contributed by atoms with Crippen molar-refractivity contribution in [2.45, 2.75) is 26.8 Å². The summed E-state index contributed by atoms with van der Waals surface area (Å²) in [6.45, 7) is 6.85. The van der Waals surface area contributed by atoms with Gasteiger partial charge in [-0.25, -0.2) is 0 Å². The van der Waals surface area contributed by atoms with E-state index in [-0.39, 0.29) is 11.9 Å². The van der Waals surface area contributed by atoms with Crippen LogP contribution in [-0.2, 0) is 4.79 Å². The van der Waals surface area contributed by atoms with Crippen molar-refractivity contribution in [2.24, 2.45) is 0 Å². The summed E-state index contributed by atoms with van der Waals surface area (Å²) >= 11 is 0. The Morgan fingerprint density at radius 3 is 2.73 bits per heavy atom. The van der Waals surface area contributed by atoms with Crippen LogP contribution in [0.2, 0.25) is 0 Å². The van der Waals surface area contributed by atoms with Gasteiger partial charge in [0.25, 0.3) is 0 Å². The molecule has 0 aliphatic carbocycles. The van der Waals surface area contributed by atoms with Gasteiger partial charge in [0.05, 0.1) is 6.04 Å². The van der Waals surface area contributed by atoms with Crippen LogP contribution in [0.4, 0.5) is 0 Å². The van der Waals surface area contributed by atoms with Crippen LogP contribution in [0.25, 0.3) is 0 Å². The molecule has 15 heavy (non-hydrogen) atoms. The number of aryl methyl sites for hydroxylation is 1. The van der Waals surface area contributed by atoms with Crippen LogP contribution in [-0.4, -0.2) is 19.0 Å². The Kier molecular flexibility index (Phi) is 4.37. The van der Waals surface area contributed by atoms with Crippen LogP contribution in [0.3, 0.4) is 0 Å². The minimum absolute atomic E-state index is 0.00158. The predicted molar refractivity (Wildman–Crippen MR) is 58.5 cm³/mol. The van der Waals surface area contributed by atoms with Gasteiger partial charge < -0.3 is 15.1 Å². The summed E-state index contributed by atoms with van der Waals surface area (Å²) in [6, 6.07) is 4.08. The highest BCUT2D eigenvalue weighted by molar-refractivity contribution is 5.72. The number of carbonyl (C=O) groups excluding carboxylic acids is 1. The zero-order valence-corrected chi connectivity index (χ0v) is 9.46. The average Bonchev–Trinajstić information content (AvgIpc) is 2.59. The number of amides is 1. The van der Waals surface area contributed by atoms with Crippen molar-refractivity contribution in [1.82, 2.24) is 10.6 Å². The number of carbonyl (C=O) groups is 1. The molecular formula is C11H18N2O2. The molecule has 0 aliphatic heterocycles. The number of furan rings is 1. The van der Waals surface area contributed by atoms with Crippen molar-refractivity contribution in [1.29, 1.82) is 0 Å². The number of hydrogen-bond donors (Lipinski definition) is 2. The fourth-order valence-corrected chi connectivity index (χ4v) is 1.31. The molecule has 1 rings (SSSR count). The van der Waals surface area contributed by atoms with Crippen LogP contribution in [0.1, 0.15) is 31.4 Å². The maximum Gasteiger partial charge on any atom is 0.216 e. The molecule has 0 aliphatic rings. The Morgan fingerprint density at radius 1 is 1.47 bits per heavy atom. The summed E-state index contributed by atoms with van der Waals surface area (Å²) in [6.07, 6.45) is 0. The first-order chi connectivity index (χ1) is 7.09. The molecule has 1 unspecified atom stereocenters. The lowest BCUT2D eigenvalue weighted by Crippen LogP contribution is -2.31. The number of nitrogens with one attached hydrogen (secondary N) is 2. The van der Waals surface area contributed by atoms with Crippen molar-refractivity contribution in [3.8, 4) is 0 Å². The third-order valence-corrected chi connectivity index (χ3v) is 2.14. The second kappa shape index (κ2) is 5.56. The third-order valence-electron chi connectivity index (χ3n) is 2.14. The van der Waals surface area contributed by atoms with Gasteiger partial charge in [-0.3, -0.25) is 4.79 Å². The summed E-state index contributed by atoms with van der Waals surface area (Å²) in [4.78, 5) is 10.6. The molecule has 84 valence electrons. The van der Waals surface area contributed by atoms with Gasteiger partial charge in [-0.15, -0.1) is 0 Å². The summed E-state index contributed by atoms with van der Waals surface area (Å²) in [7, 11) is 0. The van der Waals surface area contributed by atoms with E-state index in [4.69, 9.17) is 4.42 Å². The Balaban J connectivity index is 2.24. The summed E-state index contributed by atoms with van der Waals surface area (Å²) < 4.78 is 5.47. The first kappa shape index (κ1) is 11.8. The molecule has 0 saturated heterocycles. The molecule has 4 heteroatoms. The Labute approximate surface area is 90.0 Å². The molecule has 4 nitrogen and oxygen atoms in total. The van der Waals surface area contributed by atoms with Crippen LogP contribution < -0.4 is 10.6 Å². The second-order valence-corrected chi connectivity index (χ2v) is 3.61. The van der Waals surface area contributed by atoms with E-state index in [0.717, 1.165) is 18.1 Å². The standard InChI is InChI=1S/C11H18N2O2/c1-8-4-5-11(15-8)9(2)12-6-7-13-10(3)14/h4-5,9,12H,6-7H2,1-3H3,(H,13,14). The van der Waals surface area contributed by atoms with Gasteiger partial charge in [0.1, 0.15) is 11.5 Å². The minimum Gasteiger partial charge on any atom is -0.465 e. The topological polar surface area (TPSA) is 54.3 Å². The lowest BCUT2D eigenvalue weighted by Gasteiger charge is -2.11. The normalized spacial score (nSPS) is 12.5. The summed E-state index contributed by atoms with van der Waals surface area (Å²) in [5, 5.41) is 5.98. The lowest BCUT2D eigenvalue weighted by molar-refractivity contribution is -0.118. The fourth-order valence-electron chi connectivity index (χ4n) is 1.31. The van der Waals surface area contributed by atoms with Gasteiger partial charge in [-0.05, 0) is 26.0 Å². The van der Waals surface area contributed by atoms with Crippen molar-refractivity contribution in [3.63, 3.8) is 0 Å². The van der Waals surface area contributed by atoms with E-state index in [1.807, 2.05) is 26.0 Å². The third kappa shape index (κ3) is 4.16. The van der Waals surface area contributed by atoms with Gasteiger partial charge in [-0.1, -0.05) is 0 Å². The molecular weight excluding hydrogens is 192 g/mol. The first-order valence-corrected chi connectivity index (χ1v) is 5.13. The molecule has 0 fully saturated rings. The van der Waals surface area contributed by atoms with Crippen molar-refractivity contribution in [2.75, 3.05) is 13.1 Å². The van der Waals surface area contributed by atoms with Gasteiger partial charge >= 0.3 is 0 Å². The highest BCUT2D eigenvalue weighted by Crippen LogP contribution is 2.14. The zero-order chi connectivity index (χ0) is 11.3. The summed E-state index contributed by atoms with van der Waals surface area (Å²) in [5.41, 5.74) is 0. The van der Waals surface area contributed by atoms with E-state index in [1.54, 1.807) is 0 Å². The van der Waals surface area contributed by atoms with Crippen molar-refractivity contribution < 1.29 is 9.21 Å². The molecule has 0 bridgehead atoms. The van der Waals surface area contributed by atoms with Gasteiger partial charge in [-0.2, -0.15) is 0 Å². The molecule has 0 aromatic carbocycles. The molecule has 0 radical (unpaired) electrons. The lowest BCUT2D eigenvalue weighted by atomic mass is 10.2. The maximum atomic E-state index is 10.6. The second-order valence-electron chi connectivity index (χ2n) is 3.61. The molecule has 1 amide bonds. The minimum atomic E-state index is -0.00158.